The number of hydrogen-bond donors (Lipinski definition) is 2. The number of aryl methyl sites for hydroxylation is 2. The number of nitrogens with zero attached hydrogens (tertiary/aromatic N) is 4. The fourth-order valence-electron chi connectivity index (χ4n) is 3.14. The molecule has 0 fully saturated rings. The van der Waals surface area contributed by atoms with Crippen LogP contribution in [-0.2, 0) is 13.6 Å². The summed E-state index contributed by atoms with van der Waals surface area (Å²) in [6.07, 6.45) is 1.48. The molecule has 0 aliphatic rings. The van der Waals surface area contributed by atoms with Gasteiger partial charge in [0.15, 0.2) is 0 Å². The summed E-state index contributed by atoms with van der Waals surface area (Å²) in [5.74, 6) is -0.244. The van der Waals surface area contributed by atoms with Crippen LogP contribution in [0, 0.1) is 19.8 Å². The Kier molecular flexibility index (Phi) is 6.94. The van der Waals surface area contributed by atoms with Crippen LogP contribution in [0.15, 0.2) is 34.9 Å². The third-order valence-corrected chi connectivity index (χ3v) is 6.06. The first-order chi connectivity index (χ1) is 14.7. The number of aromatic nitrogens is 4. The fourth-order valence-corrected chi connectivity index (χ4v) is 3.42. The lowest BCUT2D eigenvalue weighted by atomic mass is 10.1. The molecule has 0 saturated carbocycles. The molecule has 1 aromatic carbocycles. The van der Waals surface area contributed by atoms with Gasteiger partial charge in [0.2, 0.25) is 0 Å². The van der Waals surface area contributed by atoms with Crippen molar-refractivity contribution in [3.8, 4) is 0 Å². The van der Waals surface area contributed by atoms with E-state index in [4.69, 9.17) is 0 Å². The second kappa shape index (κ2) is 9.47. The number of rotatable bonds is 7. The molecule has 0 radical (unpaired) electrons. The molecule has 0 bridgehead atoms. The number of hydrogen-bond acceptors (Lipinski definition) is 4. The van der Waals surface area contributed by atoms with Crippen LogP contribution in [0.3, 0.4) is 0 Å². The highest BCUT2D eigenvalue weighted by Crippen LogP contribution is 2.21. The van der Waals surface area contributed by atoms with E-state index in [9.17, 15) is 9.59 Å². The summed E-state index contributed by atoms with van der Waals surface area (Å²) in [6.45, 7) is 9.16. The quantitative estimate of drug-likeness (QED) is 0.532. The zero-order chi connectivity index (χ0) is 22.7. The fraction of sp³-hybridized carbons (Fsp3) is 0.364. The highest BCUT2D eigenvalue weighted by molar-refractivity contribution is 9.10. The third kappa shape index (κ3) is 5.22. The average molecular weight is 487 g/mol. The molecule has 164 valence electrons. The Bertz CT molecular complexity index is 1100. The Labute approximate surface area is 190 Å². The first-order valence-corrected chi connectivity index (χ1v) is 10.9. The van der Waals surface area contributed by atoms with Gasteiger partial charge in [-0.05, 0) is 53.4 Å². The minimum atomic E-state index is -0.300. The Hall–Kier alpha value is -2.94. The van der Waals surface area contributed by atoms with Crippen molar-refractivity contribution in [1.82, 2.24) is 24.9 Å². The zero-order valence-electron chi connectivity index (χ0n) is 18.4. The Morgan fingerprint density at radius 2 is 1.81 bits per heavy atom. The normalized spacial score (nSPS) is 11.1. The van der Waals surface area contributed by atoms with Gasteiger partial charge < -0.3 is 10.6 Å². The summed E-state index contributed by atoms with van der Waals surface area (Å²) in [4.78, 5) is 25.2. The zero-order valence-corrected chi connectivity index (χ0v) is 19.9. The van der Waals surface area contributed by atoms with Crippen LogP contribution in [0.25, 0.3) is 0 Å². The number of amides is 2. The second-order valence-electron chi connectivity index (χ2n) is 7.93. The van der Waals surface area contributed by atoms with E-state index in [2.05, 4.69) is 36.8 Å². The molecule has 0 aliphatic carbocycles. The van der Waals surface area contributed by atoms with Crippen LogP contribution in [-0.4, -0.2) is 37.9 Å². The van der Waals surface area contributed by atoms with E-state index in [0.29, 0.717) is 36.0 Å². The lowest BCUT2D eigenvalue weighted by molar-refractivity contribution is 0.0940. The molecule has 0 saturated heterocycles. The maximum absolute atomic E-state index is 12.7. The van der Waals surface area contributed by atoms with Gasteiger partial charge >= 0.3 is 0 Å². The van der Waals surface area contributed by atoms with E-state index in [-0.39, 0.29) is 11.8 Å². The molecule has 9 heteroatoms. The van der Waals surface area contributed by atoms with Crippen molar-refractivity contribution in [2.75, 3.05) is 11.9 Å². The highest BCUT2D eigenvalue weighted by atomic mass is 79.9. The van der Waals surface area contributed by atoms with Crippen LogP contribution < -0.4 is 10.6 Å². The van der Waals surface area contributed by atoms with Crippen molar-refractivity contribution in [3.05, 3.63) is 63.1 Å². The van der Waals surface area contributed by atoms with Gasteiger partial charge in [0.25, 0.3) is 11.8 Å². The van der Waals surface area contributed by atoms with Gasteiger partial charge in [-0.15, -0.1) is 0 Å². The lowest BCUT2D eigenvalue weighted by Crippen LogP contribution is -2.30. The molecular formula is C22H27BrN6O2. The molecule has 2 N–H and O–H groups in total. The summed E-state index contributed by atoms with van der Waals surface area (Å²) in [5.41, 5.74) is 4.23. The maximum Gasteiger partial charge on any atom is 0.271 e. The van der Waals surface area contributed by atoms with Gasteiger partial charge in [-0.2, -0.15) is 10.2 Å². The van der Waals surface area contributed by atoms with E-state index in [1.165, 1.54) is 10.9 Å². The van der Waals surface area contributed by atoms with Crippen molar-refractivity contribution in [3.63, 3.8) is 0 Å². The van der Waals surface area contributed by atoms with E-state index < -0.39 is 0 Å². The van der Waals surface area contributed by atoms with Crippen LogP contribution in [0.2, 0.25) is 0 Å². The topological polar surface area (TPSA) is 93.8 Å². The summed E-state index contributed by atoms with van der Waals surface area (Å²) >= 11 is 3.54. The summed E-state index contributed by atoms with van der Waals surface area (Å²) in [7, 11) is 1.67. The Morgan fingerprint density at radius 1 is 1.13 bits per heavy atom. The second-order valence-corrected chi connectivity index (χ2v) is 8.72. The summed E-state index contributed by atoms with van der Waals surface area (Å²) < 4.78 is 4.39. The molecule has 0 aliphatic heterocycles. The van der Waals surface area contributed by atoms with Crippen molar-refractivity contribution in [2.45, 2.75) is 34.2 Å². The van der Waals surface area contributed by atoms with Gasteiger partial charge in [0, 0.05) is 19.2 Å². The number of nitrogens with one attached hydrogen (secondary N) is 2. The van der Waals surface area contributed by atoms with Crippen LogP contribution in [0.1, 0.15) is 51.6 Å². The molecule has 31 heavy (non-hydrogen) atoms. The molecule has 2 heterocycles. The van der Waals surface area contributed by atoms with Crippen molar-refractivity contribution >= 4 is 33.4 Å². The Morgan fingerprint density at radius 3 is 2.39 bits per heavy atom. The molecule has 0 spiro atoms. The number of carbonyl (C=O) groups excluding carboxylic acids is 2. The highest BCUT2D eigenvalue weighted by Gasteiger charge is 2.19. The molecule has 2 aromatic heterocycles. The van der Waals surface area contributed by atoms with Crippen LogP contribution in [0.4, 0.5) is 5.69 Å². The van der Waals surface area contributed by atoms with E-state index in [1.54, 1.807) is 19.2 Å². The number of anilines is 1. The first-order valence-electron chi connectivity index (χ1n) is 10.1. The molecule has 3 aromatic rings. The molecule has 0 atom stereocenters. The predicted octanol–water partition coefficient (Wildman–Crippen LogP) is 3.68. The summed E-state index contributed by atoms with van der Waals surface area (Å²) in [6, 6.07) is 7.33. The van der Waals surface area contributed by atoms with Crippen LogP contribution in [0.5, 0.6) is 0 Å². The number of benzene rings is 1. The predicted molar refractivity (Wildman–Crippen MR) is 123 cm³/mol. The molecule has 8 nitrogen and oxygen atoms in total. The minimum absolute atomic E-state index is 0.268. The lowest BCUT2D eigenvalue weighted by Gasteiger charge is -2.11. The monoisotopic (exact) mass is 486 g/mol. The van der Waals surface area contributed by atoms with Gasteiger partial charge in [0.1, 0.15) is 5.69 Å². The third-order valence-electron chi connectivity index (χ3n) is 4.91. The summed E-state index contributed by atoms with van der Waals surface area (Å²) in [5, 5.41) is 14.3. The molecular weight excluding hydrogens is 460 g/mol. The van der Waals surface area contributed by atoms with Crippen molar-refractivity contribution < 1.29 is 9.59 Å². The molecule has 0 unspecified atom stereocenters. The van der Waals surface area contributed by atoms with Gasteiger partial charge in [-0.1, -0.05) is 26.0 Å². The van der Waals surface area contributed by atoms with E-state index in [0.717, 1.165) is 21.4 Å². The molecule has 3 rings (SSSR count). The largest absolute Gasteiger partial charge is 0.350 e. The number of halogens is 1. The van der Waals surface area contributed by atoms with E-state index >= 15 is 0 Å². The first kappa shape index (κ1) is 22.7. The van der Waals surface area contributed by atoms with Crippen molar-refractivity contribution in [1.29, 1.82) is 0 Å². The Balaban J connectivity index is 1.70. The standard InChI is InChI=1S/C22H27BrN6O2/c1-13(2)10-24-22(31)20-18(11-25-28(20)5)26-21(30)17-8-6-16(7-9-17)12-29-15(4)19(23)14(3)27-29/h6-9,11,13H,10,12H2,1-5H3,(H,24,31)(H,26,30). The average Bonchev–Trinajstić information content (AvgIpc) is 3.21. The van der Waals surface area contributed by atoms with Crippen LogP contribution >= 0.6 is 15.9 Å². The number of carbonyl (C=O) groups is 2. The van der Waals surface area contributed by atoms with Gasteiger partial charge in [-0.25, -0.2) is 0 Å². The van der Waals surface area contributed by atoms with Gasteiger partial charge in [0.05, 0.1) is 34.3 Å². The SMILES string of the molecule is Cc1nn(Cc2ccc(C(=O)Nc3cnn(C)c3C(=O)NCC(C)C)cc2)c(C)c1Br. The molecule has 2 amide bonds. The smallest absolute Gasteiger partial charge is 0.271 e. The maximum atomic E-state index is 12.7. The van der Waals surface area contributed by atoms with Crippen molar-refractivity contribution in [2.24, 2.45) is 13.0 Å². The minimum Gasteiger partial charge on any atom is -0.350 e. The van der Waals surface area contributed by atoms with Gasteiger partial charge in [-0.3, -0.25) is 19.0 Å². The van der Waals surface area contributed by atoms with E-state index in [1.807, 2.05) is 44.5 Å².